The van der Waals surface area contributed by atoms with Crippen LogP contribution < -0.4 is 4.74 Å². The second-order valence-corrected chi connectivity index (χ2v) is 4.36. The first-order valence-electron chi connectivity index (χ1n) is 6.09. The van der Waals surface area contributed by atoms with E-state index >= 15 is 0 Å². The van der Waals surface area contributed by atoms with Crippen LogP contribution in [0.5, 0.6) is 5.75 Å². The summed E-state index contributed by atoms with van der Waals surface area (Å²) in [7, 11) is 1.54. The van der Waals surface area contributed by atoms with Gasteiger partial charge in [-0.2, -0.15) is 0 Å². The number of ether oxygens (including phenoxy) is 2. The Kier molecular flexibility index (Phi) is 4.15. The Hall–Kier alpha value is -1.35. The quantitative estimate of drug-likeness (QED) is 0.583. The lowest BCUT2D eigenvalue weighted by atomic mass is 10.0. The number of carbonyl (C=O) groups excluding carboxylic acids is 1. The molecular formula is C14H18O3. The van der Waals surface area contributed by atoms with Crippen LogP contribution in [0.3, 0.4) is 0 Å². The lowest BCUT2D eigenvalue weighted by Gasteiger charge is -2.00. The van der Waals surface area contributed by atoms with Crippen LogP contribution in [-0.4, -0.2) is 25.6 Å². The average molecular weight is 234 g/mol. The van der Waals surface area contributed by atoms with Crippen molar-refractivity contribution >= 4 is 6.29 Å². The molecule has 2 atom stereocenters. The molecule has 0 aromatic heterocycles. The van der Waals surface area contributed by atoms with Gasteiger partial charge in [0.05, 0.1) is 24.9 Å². The molecule has 17 heavy (non-hydrogen) atoms. The third-order valence-electron chi connectivity index (χ3n) is 3.18. The summed E-state index contributed by atoms with van der Waals surface area (Å²) >= 11 is 0. The highest BCUT2D eigenvalue weighted by Crippen LogP contribution is 2.35. The monoisotopic (exact) mass is 234 g/mol. The van der Waals surface area contributed by atoms with Crippen LogP contribution in [0.2, 0.25) is 0 Å². The van der Waals surface area contributed by atoms with Gasteiger partial charge >= 0.3 is 0 Å². The van der Waals surface area contributed by atoms with Crippen molar-refractivity contribution in [3.8, 4) is 5.75 Å². The summed E-state index contributed by atoms with van der Waals surface area (Å²) in [6.45, 7) is 0. The molecule has 0 amide bonds. The molecule has 3 rings (SSSR count). The zero-order valence-corrected chi connectivity index (χ0v) is 10.1. The van der Waals surface area contributed by atoms with Crippen molar-refractivity contribution in [3.63, 3.8) is 0 Å². The second kappa shape index (κ2) is 5.82. The standard InChI is InChI=1S/C8H8O2.C6H10O/c1-10-8-5-3-2-4-7(8)6-9;1-2-4-6-5(3-1)7-6/h2-6H,1H3;5-6H,1-4H2. The maximum Gasteiger partial charge on any atom is 0.153 e. The van der Waals surface area contributed by atoms with Crippen molar-refractivity contribution in [2.75, 3.05) is 7.11 Å². The number of rotatable bonds is 2. The van der Waals surface area contributed by atoms with E-state index in [4.69, 9.17) is 9.47 Å². The Morgan fingerprint density at radius 1 is 1.24 bits per heavy atom. The van der Waals surface area contributed by atoms with Crippen molar-refractivity contribution in [1.82, 2.24) is 0 Å². The number of methoxy groups -OCH3 is 1. The molecule has 1 saturated heterocycles. The molecule has 1 aliphatic heterocycles. The van der Waals surface area contributed by atoms with Gasteiger partial charge in [-0.15, -0.1) is 0 Å². The fraction of sp³-hybridized carbons (Fsp3) is 0.500. The minimum absolute atomic E-state index is 0.588. The third-order valence-corrected chi connectivity index (χ3v) is 3.18. The summed E-state index contributed by atoms with van der Waals surface area (Å²) in [6.07, 6.45) is 7.67. The normalized spacial score (nSPS) is 25.0. The number of benzene rings is 1. The maximum absolute atomic E-state index is 10.3. The van der Waals surface area contributed by atoms with E-state index in [1.807, 2.05) is 6.07 Å². The van der Waals surface area contributed by atoms with Crippen LogP contribution >= 0.6 is 0 Å². The molecule has 0 spiro atoms. The minimum atomic E-state index is 0.588. The summed E-state index contributed by atoms with van der Waals surface area (Å²) in [4.78, 5) is 10.3. The maximum atomic E-state index is 10.3. The number of fused-ring (bicyclic) bond motifs is 1. The first-order valence-corrected chi connectivity index (χ1v) is 6.09. The number of hydrogen-bond acceptors (Lipinski definition) is 3. The molecular weight excluding hydrogens is 216 g/mol. The third kappa shape index (κ3) is 3.30. The van der Waals surface area contributed by atoms with E-state index < -0.39 is 0 Å². The van der Waals surface area contributed by atoms with Gasteiger partial charge in [0.1, 0.15) is 5.75 Å². The topological polar surface area (TPSA) is 38.8 Å². The highest BCUT2D eigenvalue weighted by atomic mass is 16.6. The minimum Gasteiger partial charge on any atom is -0.496 e. The first kappa shape index (κ1) is 12.1. The Labute approximate surface area is 102 Å². The highest BCUT2D eigenvalue weighted by molar-refractivity contribution is 5.79. The molecule has 3 nitrogen and oxygen atoms in total. The SMILES string of the molecule is C1CCC2OC2C1.COc1ccccc1C=O. The highest BCUT2D eigenvalue weighted by Gasteiger charge is 2.39. The Bertz CT molecular complexity index is 365. The summed E-state index contributed by atoms with van der Waals surface area (Å²) in [6, 6.07) is 7.09. The van der Waals surface area contributed by atoms with Gasteiger partial charge < -0.3 is 9.47 Å². The molecule has 1 aliphatic carbocycles. The molecule has 1 heterocycles. The zero-order chi connectivity index (χ0) is 12.1. The van der Waals surface area contributed by atoms with Crippen molar-refractivity contribution in [2.24, 2.45) is 0 Å². The van der Waals surface area contributed by atoms with E-state index in [0.717, 1.165) is 6.29 Å². The van der Waals surface area contributed by atoms with Gasteiger partial charge in [0.2, 0.25) is 0 Å². The summed E-state index contributed by atoms with van der Waals surface area (Å²) in [5.74, 6) is 0.623. The predicted molar refractivity (Wildman–Crippen MR) is 65.5 cm³/mol. The van der Waals surface area contributed by atoms with Gasteiger partial charge in [-0.25, -0.2) is 0 Å². The van der Waals surface area contributed by atoms with Gasteiger partial charge in [0.15, 0.2) is 6.29 Å². The smallest absolute Gasteiger partial charge is 0.153 e. The molecule has 2 unspecified atom stereocenters. The Morgan fingerprint density at radius 3 is 2.35 bits per heavy atom. The lowest BCUT2D eigenvalue weighted by Crippen LogP contribution is -2.00. The van der Waals surface area contributed by atoms with Gasteiger partial charge in [-0.1, -0.05) is 25.0 Å². The number of aldehydes is 1. The molecule has 0 N–H and O–H groups in total. The Morgan fingerprint density at radius 2 is 1.88 bits per heavy atom. The van der Waals surface area contributed by atoms with Gasteiger partial charge in [-0.05, 0) is 25.0 Å². The predicted octanol–water partition coefficient (Wildman–Crippen LogP) is 2.84. The Balaban J connectivity index is 0.000000134. The van der Waals surface area contributed by atoms with E-state index in [0.29, 0.717) is 23.5 Å². The number of para-hydroxylation sites is 1. The molecule has 2 fully saturated rings. The molecule has 0 radical (unpaired) electrons. The van der Waals surface area contributed by atoms with E-state index in [1.165, 1.54) is 25.7 Å². The molecule has 0 bridgehead atoms. The molecule has 1 aromatic rings. The largest absolute Gasteiger partial charge is 0.496 e. The summed E-state index contributed by atoms with van der Waals surface area (Å²) in [5, 5.41) is 0. The van der Waals surface area contributed by atoms with Gasteiger partial charge in [0, 0.05) is 0 Å². The van der Waals surface area contributed by atoms with E-state index in [1.54, 1.807) is 25.3 Å². The second-order valence-electron chi connectivity index (χ2n) is 4.36. The molecule has 3 heteroatoms. The molecule has 1 aromatic carbocycles. The van der Waals surface area contributed by atoms with Crippen LogP contribution in [-0.2, 0) is 4.74 Å². The van der Waals surface area contributed by atoms with Crippen molar-refractivity contribution in [2.45, 2.75) is 37.9 Å². The fourth-order valence-electron chi connectivity index (χ4n) is 2.14. The van der Waals surface area contributed by atoms with Crippen LogP contribution in [0, 0.1) is 0 Å². The first-order chi connectivity index (χ1) is 8.35. The van der Waals surface area contributed by atoms with Crippen molar-refractivity contribution < 1.29 is 14.3 Å². The lowest BCUT2D eigenvalue weighted by molar-refractivity contribution is 0.112. The zero-order valence-electron chi connectivity index (χ0n) is 10.1. The summed E-state index contributed by atoms with van der Waals surface area (Å²) < 4.78 is 10.2. The van der Waals surface area contributed by atoms with Crippen LogP contribution in [0.25, 0.3) is 0 Å². The van der Waals surface area contributed by atoms with Gasteiger partial charge in [0.25, 0.3) is 0 Å². The fourth-order valence-corrected chi connectivity index (χ4v) is 2.14. The number of hydrogen-bond donors (Lipinski definition) is 0. The van der Waals surface area contributed by atoms with Crippen molar-refractivity contribution in [1.29, 1.82) is 0 Å². The number of epoxide rings is 1. The number of carbonyl (C=O) groups is 1. The molecule has 92 valence electrons. The van der Waals surface area contributed by atoms with E-state index in [2.05, 4.69) is 0 Å². The van der Waals surface area contributed by atoms with E-state index in [-0.39, 0.29) is 0 Å². The van der Waals surface area contributed by atoms with Crippen molar-refractivity contribution in [3.05, 3.63) is 29.8 Å². The van der Waals surface area contributed by atoms with Crippen LogP contribution in [0.1, 0.15) is 36.0 Å². The van der Waals surface area contributed by atoms with Gasteiger partial charge in [-0.3, -0.25) is 4.79 Å². The molecule has 1 saturated carbocycles. The average Bonchev–Trinajstić information content (AvgIpc) is 3.18. The molecule has 2 aliphatic rings. The van der Waals surface area contributed by atoms with E-state index in [9.17, 15) is 4.79 Å². The van der Waals surface area contributed by atoms with Crippen LogP contribution in [0.15, 0.2) is 24.3 Å². The summed E-state index contributed by atoms with van der Waals surface area (Å²) in [5.41, 5.74) is 0.588. The van der Waals surface area contributed by atoms with Crippen LogP contribution in [0.4, 0.5) is 0 Å².